The molecule has 1 aromatic heterocycles. The van der Waals surface area contributed by atoms with Crippen LogP contribution in [0.3, 0.4) is 0 Å². The molecule has 4 heteroatoms. The number of rotatable bonds is 7. The summed E-state index contributed by atoms with van der Waals surface area (Å²) in [6.07, 6.45) is 2.86. The summed E-state index contributed by atoms with van der Waals surface area (Å²) in [6, 6.07) is 0.440. The Kier molecular flexibility index (Phi) is 5.83. The maximum atomic E-state index is 5.18. The van der Waals surface area contributed by atoms with Crippen molar-refractivity contribution in [2.24, 2.45) is 5.92 Å². The lowest BCUT2D eigenvalue weighted by Gasteiger charge is -2.21. The van der Waals surface area contributed by atoms with Crippen molar-refractivity contribution in [3.63, 3.8) is 0 Å². The van der Waals surface area contributed by atoms with Crippen molar-refractivity contribution in [2.75, 3.05) is 20.3 Å². The molecule has 0 saturated carbocycles. The van der Waals surface area contributed by atoms with Gasteiger partial charge in [-0.15, -0.1) is 11.3 Å². The molecule has 15 heavy (non-hydrogen) atoms. The normalized spacial score (nSPS) is 13.3. The third-order valence-corrected chi connectivity index (χ3v) is 3.22. The van der Waals surface area contributed by atoms with Gasteiger partial charge in [-0.3, -0.25) is 0 Å². The fourth-order valence-electron chi connectivity index (χ4n) is 1.41. The molecule has 0 aliphatic rings. The Morgan fingerprint density at radius 1 is 1.53 bits per heavy atom. The maximum Gasteiger partial charge on any atom is 0.0937 e. The molecule has 0 spiro atoms. The van der Waals surface area contributed by atoms with E-state index in [1.54, 1.807) is 18.4 Å². The van der Waals surface area contributed by atoms with E-state index in [0.29, 0.717) is 12.0 Å². The van der Waals surface area contributed by atoms with E-state index in [2.05, 4.69) is 24.1 Å². The quantitative estimate of drug-likeness (QED) is 0.774. The van der Waals surface area contributed by atoms with Gasteiger partial charge in [0.05, 0.1) is 11.6 Å². The Bertz CT molecular complexity index is 249. The number of hydrogen-bond donors (Lipinski definition) is 1. The molecule has 0 radical (unpaired) electrons. The minimum Gasteiger partial charge on any atom is -0.383 e. The standard InChI is InChI=1S/C11H20N2OS/c1-9(2)10(8-14-3)12-5-4-11-13-6-7-15-11/h6-7,9-10,12H,4-5,8H2,1-3H3. The highest BCUT2D eigenvalue weighted by Crippen LogP contribution is 2.05. The summed E-state index contributed by atoms with van der Waals surface area (Å²) in [5.74, 6) is 0.598. The number of thiazole rings is 1. The van der Waals surface area contributed by atoms with Crippen LogP contribution in [0, 0.1) is 5.92 Å². The number of nitrogens with zero attached hydrogens (tertiary/aromatic N) is 1. The lowest BCUT2D eigenvalue weighted by atomic mass is 10.1. The monoisotopic (exact) mass is 228 g/mol. The van der Waals surface area contributed by atoms with Gasteiger partial charge in [0, 0.05) is 37.7 Å². The number of ether oxygens (including phenoxy) is 1. The minimum absolute atomic E-state index is 0.440. The van der Waals surface area contributed by atoms with Gasteiger partial charge in [0.15, 0.2) is 0 Å². The van der Waals surface area contributed by atoms with Crippen molar-refractivity contribution in [2.45, 2.75) is 26.3 Å². The van der Waals surface area contributed by atoms with Crippen LogP contribution in [0.4, 0.5) is 0 Å². The van der Waals surface area contributed by atoms with E-state index >= 15 is 0 Å². The molecule has 1 unspecified atom stereocenters. The molecule has 0 saturated heterocycles. The molecule has 0 bridgehead atoms. The SMILES string of the molecule is COCC(NCCc1nccs1)C(C)C. The summed E-state index contributed by atoms with van der Waals surface area (Å²) in [7, 11) is 1.75. The zero-order valence-electron chi connectivity index (χ0n) is 9.69. The number of methoxy groups -OCH3 is 1. The third-order valence-electron chi connectivity index (χ3n) is 2.38. The first-order chi connectivity index (χ1) is 7.24. The molecule has 0 fully saturated rings. The van der Waals surface area contributed by atoms with E-state index in [1.165, 1.54) is 5.01 Å². The summed E-state index contributed by atoms with van der Waals surface area (Å²) in [5, 5.41) is 6.72. The lowest BCUT2D eigenvalue weighted by molar-refractivity contribution is 0.147. The van der Waals surface area contributed by atoms with E-state index < -0.39 is 0 Å². The predicted octanol–water partition coefficient (Wildman–Crippen LogP) is 1.95. The number of nitrogens with one attached hydrogen (secondary N) is 1. The van der Waals surface area contributed by atoms with Gasteiger partial charge in [0.25, 0.3) is 0 Å². The fourth-order valence-corrected chi connectivity index (χ4v) is 2.03. The van der Waals surface area contributed by atoms with Gasteiger partial charge < -0.3 is 10.1 Å². The average molecular weight is 228 g/mol. The van der Waals surface area contributed by atoms with Gasteiger partial charge in [-0.2, -0.15) is 0 Å². The van der Waals surface area contributed by atoms with Crippen molar-refractivity contribution >= 4 is 11.3 Å². The van der Waals surface area contributed by atoms with Gasteiger partial charge >= 0.3 is 0 Å². The number of hydrogen-bond acceptors (Lipinski definition) is 4. The van der Waals surface area contributed by atoms with E-state index in [1.807, 2.05) is 11.6 Å². The largest absolute Gasteiger partial charge is 0.383 e. The molecule has 1 heterocycles. The molecular formula is C11H20N2OS. The smallest absolute Gasteiger partial charge is 0.0937 e. The van der Waals surface area contributed by atoms with Crippen LogP contribution >= 0.6 is 11.3 Å². The predicted molar refractivity (Wildman–Crippen MR) is 64.3 cm³/mol. The Balaban J connectivity index is 2.22. The molecule has 0 aliphatic heterocycles. The first-order valence-corrected chi connectivity index (χ1v) is 6.22. The first kappa shape index (κ1) is 12.6. The summed E-state index contributed by atoms with van der Waals surface area (Å²) in [4.78, 5) is 4.25. The molecule has 1 aromatic rings. The fraction of sp³-hybridized carbons (Fsp3) is 0.727. The number of aromatic nitrogens is 1. The zero-order valence-corrected chi connectivity index (χ0v) is 10.5. The van der Waals surface area contributed by atoms with Crippen LogP contribution in [-0.4, -0.2) is 31.3 Å². The van der Waals surface area contributed by atoms with Crippen LogP contribution in [0.1, 0.15) is 18.9 Å². The summed E-state index contributed by atoms with van der Waals surface area (Å²) in [5.41, 5.74) is 0. The van der Waals surface area contributed by atoms with Crippen LogP contribution in [0.25, 0.3) is 0 Å². The lowest BCUT2D eigenvalue weighted by Crippen LogP contribution is -2.38. The summed E-state index contributed by atoms with van der Waals surface area (Å²) >= 11 is 1.71. The summed E-state index contributed by atoms with van der Waals surface area (Å²) in [6.45, 7) is 6.16. The van der Waals surface area contributed by atoms with Gasteiger partial charge in [0.1, 0.15) is 0 Å². The van der Waals surface area contributed by atoms with Crippen molar-refractivity contribution < 1.29 is 4.74 Å². The van der Waals surface area contributed by atoms with Crippen LogP contribution in [0.5, 0.6) is 0 Å². The molecule has 1 rings (SSSR count). The average Bonchev–Trinajstić information content (AvgIpc) is 2.69. The van der Waals surface area contributed by atoms with Crippen LogP contribution in [0.2, 0.25) is 0 Å². The van der Waals surface area contributed by atoms with Crippen LogP contribution in [-0.2, 0) is 11.2 Å². The molecule has 3 nitrogen and oxygen atoms in total. The topological polar surface area (TPSA) is 34.1 Å². The minimum atomic E-state index is 0.440. The highest BCUT2D eigenvalue weighted by atomic mass is 32.1. The molecule has 0 aromatic carbocycles. The van der Waals surface area contributed by atoms with Crippen molar-refractivity contribution in [1.82, 2.24) is 10.3 Å². The molecule has 0 amide bonds. The molecule has 0 aliphatic carbocycles. The Labute approximate surface area is 95.9 Å². The van der Waals surface area contributed by atoms with E-state index in [-0.39, 0.29) is 0 Å². The van der Waals surface area contributed by atoms with E-state index in [4.69, 9.17) is 4.74 Å². The molecule has 86 valence electrons. The Hall–Kier alpha value is -0.450. The second kappa shape index (κ2) is 6.93. The second-order valence-electron chi connectivity index (χ2n) is 3.94. The van der Waals surface area contributed by atoms with Crippen molar-refractivity contribution in [3.8, 4) is 0 Å². The highest BCUT2D eigenvalue weighted by Gasteiger charge is 2.11. The maximum absolute atomic E-state index is 5.18. The van der Waals surface area contributed by atoms with Gasteiger partial charge in [0.2, 0.25) is 0 Å². The van der Waals surface area contributed by atoms with E-state index in [0.717, 1.165) is 19.6 Å². The zero-order chi connectivity index (χ0) is 11.1. The second-order valence-corrected chi connectivity index (χ2v) is 4.91. The van der Waals surface area contributed by atoms with Gasteiger partial charge in [-0.05, 0) is 5.92 Å². The van der Waals surface area contributed by atoms with Gasteiger partial charge in [-0.1, -0.05) is 13.8 Å². The van der Waals surface area contributed by atoms with Crippen molar-refractivity contribution in [3.05, 3.63) is 16.6 Å². The molecule has 1 N–H and O–H groups in total. The Morgan fingerprint density at radius 2 is 2.33 bits per heavy atom. The molecule has 1 atom stereocenters. The Morgan fingerprint density at radius 3 is 2.87 bits per heavy atom. The van der Waals surface area contributed by atoms with Crippen molar-refractivity contribution in [1.29, 1.82) is 0 Å². The van der Waals surface area contributed by atoms with Crippen LogP contribution in [0.15, 0.2) is 11.6 Å². The van der Waals surface area contributed by atoms with Gasteiger partial charge in [-0.25, -0.2) is 4.98 Å². The van der Waals surface area contributed by atoms with E-state index in [9.17, 15) is 0 Å². The molecular weight excluding hydrogens is 208 g/mol. The first-order valence-electron chi connectivity index (χ1n) is 5.34. The third kappa shape index (κ3) is 4.73. The van der Waals surface area contributed by atoms with Crippen LogP contribution < -0.4 is 5.32 Å². The summed E-state index contributed by atoms with van der Waals surface area (Å²) < 4.78 is 5.18. The highest BCUT2D eigenvalue weighted by molar-refractivity contribution is 7.09.